The summed E-state index contributed by atoms with van der Waals surface area (Å²) in [5.74, 6) is 0.645. The van der Waals surface area contributed by atoms with Crippen LogP contribution in [0.3, 0.4) is 0 Å². The van der Waals surface area contributed by atoms with E-state index in [-0.39, 0.29) is 21.5 Å². The maximum absolute atomic E-state index is 13.1. The van der Waals surface area contributed by atoms with E-state index in [1.165, 1.54) is 22.5 Å². The highest BCUT2D eigenvalue weighted by molar-refractivity contribution is 7.89. The van der Waals surface area contributed by atoms with Gasteiger partial charge in [-0.25, -0.2) is 13.4 Å². The largest absolute Gasteiger partial charge is 0.341 e. The number of nitriles is 1. The van der Waals surface area contributed by atoms with Crippen LogP contribution in [0, 0.1) is 11.3 Å². The molecule has 2 aromatic carbocycles. The minimum Gasteiger partial charge on any atom is -0.341 e. The fourth-order valence-corrected chi connectivity index (χ4v) is 5.29. The topological polar surface area (TPSA) is 89.8 Å². The van der Waals surface area contributed by atoms with Crippen molar-refractivity contribution in [3.8, 4) is 6.07 Å². The summed E-state index contributed by atoms with van der Waals surface area (Å²) in [5, 5.41) is 9.11. The molecule has 4 rings (SSSR count). The van der Waals surface area contributed by atoms with Gasteiger partial charge in [0.15, 0.2) is 0 Å². The molecule has 1 aliphatic heterocycles. The number of rotatable bonds is 3. The van der Waals surface area contributed by atoms with Gasteiger partial charge >= 0.3 is 0 Å². The van der Waals surface area contributed by atoms with Crippen LogP contribution in [0.4, 0.5) is 0 Å². The molecule has 1 atom stereocenters. The number of aromatic amines is 1. The maximum Gasteiger partial charge on any atom is 0.243 e. The standard InChI is InChI=1S/C18H15ClN4O2S/c19-14-10-13(8-7-12(14)11-20)26(24,25)23-9-3-6-17(23)18-21-15-4-1-2-5-16(15)22-18/h1-2,4-5,7-8,10,17H,3,6,9H2,(H,21,22). The minimum absolute atomic E-state index is 0.0875. The number of nitrogens with one attached hydrogen (secondary N) is 1. The summed E-state index contributed by atoms with van der Waals surface area (Å²) in [6.07, 6.45) is 1.45. The molecule has 1 aromatic heterocycles. The SMILES string of the molecule is N#Cc1ccc(S(=O)(=O)N2CCCC2c2nc3ccccc3[nH]2)cc1Cl. The molecule has 0 saturated carbocycles. The highest BCUT2D eigenvalue weighted by atomic mass is 35.5. The number of hydrogen-bond acceptors (Lipinski definition) is 4. The molecule has 0 radical (unpaired) electrons. The highest BCUT2D eigenvalue weighted by Crippen LogP contribution is 2.36. The molecule has 1 fully saturated rings. The Morgan fingerprint density at radius 3 is 2.81 bits per heavy atom. The lowest BCUT2D eigenvalue weighted by Gasteiger charge is -2.22. The van der Waals surface area contributed by atoms with Crippen LogP contribution < -0.4 is 0 Å². The van der Waals surface area contributed by atoms with Crippen molar-refractivity contribution in [1.29, 1.82) is 5.26 Å². The molecule has 0 aliphatic carbocycles. The summed E-state index contributed by atoms with van der Waals surface area (Å²) in [5.41, 5.74) is 1.95. The van der Waals surface area contributed by atoms with E-state index in [1.807, 2.05) is 30.3 Å². The number of sulfonamides is 1. The van der Waals surface area contributed by atoms with Gasteiger partial charge in [0.25, 0.3) is 0 Å². The summed E-state index contributed by atoms with van der Waals surface area (Å²) in [6.45, 7) is 0.418. The second kappa shape index (κ2) is 6.40. The first kappa shape index (κ1) is 17.0. The smallest absolute Gasteiger partial charge is 0.243 e. The number of para-hydroxylation sites is 2. The normalized spacial score (nSPS) is 18.2. The van der Waals surface area contributed by atoms with E-state index in [4.69, 9.17) is 16.9 Å². The Kier molecular flexibility index (Phi) is 4.19. The minimum atomic E-state index is -3.74. The summed E-state index contributed by atoms with van der Waals surface area (Å²) in [7, 11) is -3.74. The van der Waals surface area contributed by atoms with E-state index in [0.717, 1.165) is 17.5 Å². The van der Waals surface area contributed by atoms with Gasteiger partial charge in [-0.2, -0.15) is 9.57 Å². The fraction of sp³-hybridized carbons (Fsp3) is 0.222. The molecule has 1 N–H and O–H groups in total. The zero-order valence-corrected chi connectivity index (χ0v) is 15.3. The van der Waals surface area contributed by atoms with Gasteiger partial charge in [0.05, 0.1) is 32.6 Å². The molecule has 1 unspecified atom stereocenters. The molecule has 26 heavy (non-hydrogen) atoms. The van der Waals surface area contributed by atoms with Crippen molar-refractivity contribution in [2.75, 3.05) is 6.54 Å². The Balaban J connectivity index is 1.73. The van der Waals surface area contributed by atoms with E-state index in [9.17, 15) is 8.42 Å². The van der Waals surface area contributed by atoms with Crippen molar-refractivity contribution in [2.45, 2.75) is 23.8 Å². The zero-order chi connectivity index (χ0) is 18.3. The lowest BCUT2D eigenvalue weighted by molar-refractivity contribution is 0.385. The van der Waals surface area contributed by atoms with Crippen LogP contribution in [0.1, 0.15) is 30.3 Å². The molecule has 1 saturated heterocycles. The van der Waals surface area contributed by atoms with Crippen LogP contribution in [0.25, 0.3) is 11.0 Å². The first-order valence-corrected chi connectivity index (χ1v) is 9.98. The lowest BCUT2D eigenvalue weighted by Crippen LogP contribution is -2.31. The zero-order valence-electron chi connectivity index (χ0n) is 13.7. The van der Waals surface area contributed by atoms with Crippen LogP contribution >= 0.6 is 11.6 Å². The van der Waals surface area contributed by atoms with Gasteiger partial charge in [-0.1, -0.05) is 23.7 Å². The fourth-order valence-electron chi connectivity index (χ4n) is 3.31. The number of aromatic nitrogens is 2. The number of hydrogen-bond donors (Lipinski definition) is 1. The van der Waals surface area contributed by atoms with E-state index < -0.39 is 10.0 Å². The average Bonchev–Trinajstić information content (AvgIpc) is 3.28. The third-order valence-corrected chi connectivity index (χ3v) is 6.81. The van der Waals surface area contributed by atoms with Crippen molar-refractivity contribution in [3.05, 3.63) is 58.9 Å². The van der Waals surface area contributed by atoms with Crippen LogP contribution in [0.2, 0.25) is 5.02 Å². The third-order valence-electron chi connectivity index (χ3n) is 4.59. The van der Waals surface area contributed by atoms with Crippen LogP contribution in [-0.4, -0.2) is 29.2 Å². The van der Waals surface area contributed by atoms with E-state index in [2.05, 4.69) is 9.97 Å². The lowest BCUT2D eigenvalue weighted by atomic mass is 10.2. The number of halogens is 1. The summed E-state index contributed by atoms with van der Waals surface area (Å²) in [4.78, 5) is 7.89. The van der Waals surface area contributed by atoms with Crippen molar-refractivity contribution in [2.24, 2.45) is 0 Å². The van der Waals surface area contributed by atoms with Gasteiger partial charge in [0, 0.05) is 6.54 Å². The van der Waals surface area contributed by atoms with Crippen LogP contribution in [0.5, 0.6) is 0 Å². The predicted octanol–water partition coefficient (Wildman–Crippen LogP) is 3.61. The number of imidazole rings is 1. The Morgan fingerprint density at radius 1 is 1.27 bits per heavy atom. The molecule has 6 nitrogen and oxygen atoms in total. The molecule has 2 heterocycles. The number of fused-ring (bicyclic) bond motifs is 1. The van der Waals surface area contributed by atoms with E-state index >= 15 is 0 Å². The number of benzene rings is 2. The number of H-pyrrole nitrogens is 1. The summed E-state index contributed by atoms with van der Waals surface area (Å²) in [6, 6.07) is 13.4. The first-order chi connectivity index (χ1) is 12.5. The third kappa shape index (κ3) is 2.76. The molecule has 132 valence electrons. The molecule has 3 aromatic rings. The van der Waals surface area contributed by atoms with Gasteiger partial charge in [-0.15, -0.1) is 0 Å². The Hall–Kier alpha value is -2.40. The monoisotopic (exact) mass is 386 g/mol. The molecule has 0 bridgehead atoms. The average molecular weight is 387 g/mol. The van der Waals surface area contributed by atoms with Gasteiger partial charge in [0.1, 0.15) is 11.9 Å². The first-order valence-electron chi connectivity index (χ1n) is 8.17. The van der Waals surface area contributed by atoms with Gasteiger partial charge in [0.2, 0.25) is 10.0 Å². The van der Waals surface area contributed by atoms with Gasteiger partial charge < -0.3 is 4.98 Å². The quantitative estimate of drug-likeness (QED) is 0.744. The van der Waals surface area contributed by atoms with Gasteiger partial charge in [-0.3, -0.25) is 0 Å². The molecule has 8 heteroatoms. The van der Waals surface area contributed by atoms with Crippen molar-refractivity contribution in [1.82, 2.24) is 14.3 Å². The van der Waals surface area contributed by atoms with Crippen molar-refractivity contribution >= 4 is 32.7 Å². The van der Waals surface area contributed by atoms with E-state index in [1.54, 1.807) is 0 Å². The highest BCUT2D eigenvalue weighted by Gasteiger charge is 2.38. The second-order valence-electron chi connectivity index (χ2n) is 6.17. The van der Waals surface area contributed by atoms with Crippen molar-refractivity contribution in [3.63, 3.8) is 0 Å². The van der Waals surface area contributed by atoms with Crippen molar-refractivity contribution < 1.29 is 8.42 Å². The Labute approximate surface area is 156 Å². The van der Waals surface area contributed by atoms with Crippen LogP contribution in [-0.2, 0) is 10.0 Å². The summed E-state index contributed by atoms with van der Waals surface area (Å²) < 4.78 is 27.7. The van der Waals surface area contributed by atoms with Gasteiger partial charge in [-0.05, 0) is 43.2 Å². The molecule has 0 spiro atoms. The number of nitrogens with zero attached hydrogens (tertiary/aromatic N) is 3. The molecule has 1 aliphatic rings. The molecular weight excluding hydrogens is 372 g/mol. The predicted molar refractivity (Wildman–Crippen MR) is 98.1 cm³/mol. The summed E-state index contributed by atoms with van der Waals surface area (Å²) >= 11 is 6.03. The van der Waals surface area contributed by atoms with E-state index in [0.29, 0.717) is 18.8 Å². The van der Waals surface area contributed by atoms with Crippen LogP contribution in [0.15, 0.2) is 47.4 Å². The Bertz CT molecular complexity index is 1100. The molecule has 0 amide bonds. The Morgan fingerprint density at radius 2 is 2.08 bits per heavy atom. The molecular formula is C18H15ClN4O2S. The maximum atomic E-state index is 13.1. The second-order valence-corrected chi connectivity index (χ2v) is 8.46.